The lowest BCUT2D eigenvalue weighted by Crippen LogP contribution is -2.06. The van der Waals surface area contributed by atoms with E-state index in [1.54, 1.807) is 0 Å². The first kappa shape index (κ1) is 14.6. The van der Waals surface area contributed by atoms with E-state index < -0.39 is 6.10 Å². The third kappa shape index (κ3) is 11.6. The van der Waals surface area contributed by atoms with Gasteiger partial charge in [0.1, 0.15) is 6.29 Å². The largest absolute Gasteiger partial charge is 0.393 e. The molecule has 0 unspecified atom stereocenters. The van der Waals surface area contributed by atoms with Crippen LogP contribution in [-0.2, 0) is 4.79 Å². The highest BCUT2D eigenvalue weighted by Gasteiger charge is 2.01. The average molecular weight is 214 g/mol. The summed E-state index contributed by atoms with van der Waals surface area (Å²) in [4.78, 5) is 10.1. The van der Waals surface area contributed by atoms with Gasteiger partial charge in [0.15, 0.2) is 0 Å². The Balaban J connectivity index is 3.01. The van der Waals surface area contributed by atoms with Crippen LogP contribution in [0.1, 0.15) is 71.1 Å². The van der Waals surface area contributed by atoms with E-state index in [-0.39, 0.29) is 0 Å². The van der Waals surface area contributed by atoms with Crippen LogP contribution in [0.15, 0.2) is 0 Å². The van der Waals surface area contributed by atoms with Crippen molar-refractivity contribution < 1.29 is 9.90 Å². The smallest absolute Gasteiger partial charge is 0.122 e. The number of aliphatic hydroxyl groups is 1. The third-order valence-electron chi connectivity index (χ3n) is 2.76. The van der Waals surface area contributed by atoms with E-state index in [0.717, 1.165) is 19.1 Å². The summed E-state index contributed by atoms with van der Waals surface area (Å²) < 4.78 is 0. The molecule has 1 N–H and O–H groups in total. The lowest BCUT2D eigenvalue weighted by Gasteiger charge is -2.06. The molecule has 0 aliphatic heterocycles. The monoisotopic (exact) mass is 214 g/mol. The van der Waals surface area contributed by atoms with Crippen molar-refractivity contribution in [2.24, 2.45) is 0 Å². The molecule has 0 saturated carbocycles. The Morgan fingerprint density at radius 3 is 2.07 bits per heavy atom. The second kappa shape index (κ2) is 11.7. The Hall–Kier alpha value is -0.370. The van der Waals surface area contributed by atoms with Gasteiger partial charge >= 0.3 is 0 Å². The SMILES string of the molecule is CCCCCCCCCC[C@H](O)CC=O. The molecule has 0 amide bonds. The molecular formula is C13H26O2. The predicted octanol–water partition coefficient (Wildman–Crippen LogP) is 3.47. The van der Waals surface area contributed by atoms with Crippen LogP contribution in [0.3, 0.4) is 0 Å². The van der Waals surface area contributed by atoms with Crippen molar-refractivity contribution in [1.82, 2.24) is 0 Å². The van der Waals surface area contributed by atoms with E-state index in [0.29, 0.717) is 6.42 Å². The number of carbonyl (C=O) groups is 1. The molecule has 0 heterocycles. The van der Waals surface area contributed by atoms with E-state index in [1.807, 2.05) is 0 Å². The van der Waals surface area contributed by atoms with Gasteiger partial charge in [-0.25, -0.2) is 0 Å². The van der Waals surface area contributed by atoms with Crippen molar-refractivity contribution in [1.29, 1.82) is 0 Å². The van der Waals surface area contributed by atoms with E-state index in [2.05, 4.69) is 6.92 Å². The van der Waals surface area contributed by atoms with Crippen molar-refractivity contribution >= 4 is 6.29 Å². The zero-order valence-electron chi connectivity index (χ0n) is 10.1. The minimum absolute atomic E-state index is 0.302. The number of rotatable bonds is 11. The van der Waals surface area contributed by atoms with Gasteiger partial charge in [-0.3, -0.25) is 0 Å². The summed E-state index contributed by atoms with van der Waals surface area (Å²) >= 11 is 0. The van der Waals surface area contributed by atoms with E-state index >= 15 is 0 Å². The highest BCUT2D eigenvalue weighted by Crippen LogP contribution is 2.11. The maximum atomic E-state index is 10.1. The zero-order valence-corrected chi connectivity index (χ0v) is 10.1. The molecule has 2 heteroatoms. The van der Waals surface area contributed by atoms with Gasteiger partial charge in [-0.15, -0.1) is 0 Å². The molecular weight excluding hydrogens is 188 g/mol. The molecule has 0 fully saturated rings. The van der Waals surface area contributed by atoms with Crippen molar-refractivity contribution in [3.8, 4) is 0 Å². The minimum atomic E-state index is -0.400. The van der Waals surface area contributed by atoms with Crippen LogP contribution in [0.2, 0.25) is 0 Å². The van der Waals surface area contributed by atoms with Crippen molar-refractivity contribution in [2.45, 2.75) is 77.2 Å². The summed E-state index contributed by atoms with van der Waals surface area (Å²) in [5.74, 6) is 0. The van der Waals surface area contributed by atoms with Gasteiger partial charge in [0.25, 0.3) is 0 Å². The second-order valence-corrected chi connectivity index (χ2v) is 4.32. The standard InChI is InChI=1S/C13H26O2/c1-2-3-4-5-6-7-8-9-10-13(15)11-12-14/h12-13,15H,2-11H2,1H3/t13-/m0/s1. The first-order valence-electron chi connectivity index (χ1n) is 6.43. The second-order valence-electron chi connectivity index (χ2n) is 4.32. The Labute approximate surface area is 94.1 Å². The van der Waals surface area contributed by atoms with E-state index in [1.165, 1.54) is 44.9 Å². The summed E-state index contributed by atoms with van der Waals surface area (Å²) in [7, 11) is 0. The molecule has 0 rings (SSSR count). The van der Waals surface area contributed by atoms with Gasteiger partial charge < -0.3 is 9.90 Å². The summed E-state index contributed by atoms with van der Waals surface area (Å²) in [6.45, 7) is 2.23. The van der Waals surface area contributed by atoms with Crippen molar-refractivity contribution in [3.63, 3.8) is 0 Å². The maximum Gasteiger partial charge on any atom is 0.122 e. The number of carbonyl (C=O) groups excluding carboxylic acids is 1. The Morgan fingerprint density at radius 2 is 1.53 bits per heavy atom. The summed E-state index contributed by atoms with van der Waals surface area (Å²) in [5, 5.41) is 9.29. The fraction of sp³-hybridized carbons (Fsp3) is 0.923. The number of aliphatic hydroxyl groups excluding tert-OH is 1. The quantitative estimate of drug-likeness (QED) is 0.422. The first-order valence-corrected chi connectivity index (χ1v) is 6.43. The normalized spacial score (nSPS) is 12.7. The number of unbranched alkanes of at least 4 members (excludes halogenated alkanes) is 7. The molecule has 90 valence electrons. The topological polar surface area (TPSA) is 37.3 Å². The summed E-state index contributed by atoms with van der Waals surface area (Å²) in [6.07, 6.45) is 11.7. The lowest BCUT2D eigenvalue weighted by molar-refractivity contribution is -0.109. The number of aldehydes is 1. The molecule has 1 atom stereocenters. The molecule has 0 bridgehead atoms. The predicted molar refractivity (Wildman–Crippen MR) is 63.9 cm³/mol. The number of hydrogen-bond donors (Lipinski definition) is 1. The lowest BCUT2D eigenvalue weighted by atomic mass is 10.0. The summed E-state index contributed by atoms with van der Waals surface area (Å²) in [5.41, 5.74) is 0. The van der Waals surface area contributed by atoms with Crippen molar-refractivity contribution in [2.75, 3.05) is 0 Å². The first-order chi connectivity index (χ1) is 7.31. The maximum absolute atomic E-state index is 10.1. The molecule has 0 aromatic carbocycles. The third-order valence-corrected chi connectivity index (χ3v) is 2.76. The van der Waals surface area contributed by atoms with Crippen LogP contribution in [0.25, 0.3) is 0 Å². The van der Waals surface area contributed by atoms with Gasteiger partial charge in [0.2, 0.25) is 0 Å². The van der Waals surface area contributed by atoms with Crippen LogP contribution in [-0.4, -0.2) is 17.5 Å². The van der Waals surface area contributed by atoms with Gasteiger partial charge in [-0.2, -0.15) is 0 Å². The van der Waals surface area contributed by atoms with Crippen LogP contribution in [0, 0.1) is 0 Å². The van der Waals surface area contributed by atoms with Gasteiger partial charge in [-0.05, 0) is 6.42 Å². The molecule has 0 radical (unpaired) electrons. The van der Waals surface area contributed by atoms with Gasteiger partial charge in [0, 0.05) is 6.42 Å². The highest BCUT2D eigenvalue weighted by atomic mass is 16.3. The summed E-state index contributed by atoms with van der Waals surface area (Å²) in [6, 6.07) is 0. The van der Waals surface area contributed by atoms with Crippen molar-refractivity contribution in [3.05, 3.63) is 0 Å². The molecule has 0 aliphatic carbocycles. The number of hydrogen-bond acceptors (Lipinski definition) is 2. The van der Waals surface area contributed by atoms with E-state index in [9.17, 15) is 9.90 Å². The molecule has 15 heavy (non-hydrogen) atoms. The van der Waals surface area contributed by atoms with Gasteiger partial charge in [-0.1, -0.05) is 58.3 Å². The fourth-order valence-corrected chi connectivity index (χ4v) is 1.74. The van der Waals surface area contributed by atoms with Crippen LogP contribution in [0.5, 0.6) is 0 Å². The molecule has 0 aliphatic rings. The van der Waals surface area contributed by atoms with E-state index in [4.69, 9.17) is 0 Å². The highest BCUT2D eigenvalue weighted by molar-refractivity contribution is 5.49. The van der Waals surface area contributed by atoms with Crippen LogP contribution < -0.4 is 0 Å². The van der Waals surface area contributed by atoms with Gasteiger partial charge in [0.05, 0.1) is 6.10 Å². The fourth-order valence-electron chi connectivity index (χ4n) is 1.74. The van der Waals surface area contributed by atoms with Crippen LogP contribution in [0.4, 0.5) is 0 Å². The average Bonchev–Trinajstić information content (AvgIpc) is 2.22. The molecule has 0 aromatic heterocycles. The van der Waals surface area contributed by atoms with Crippen LogP contribution >= 0.6 is 0 Å². The zero-order chi connectivity index (χ0) is 11.4. The Bertz CT molecular complexity index is 134. The Morgan fingerprint density at radius 1 is 1.00 bits per heavy atom. The molecule has 0 saturated heterocycles. The Kier molecular flexibility index (Phi) is 11.4. The molecule has 0 spiro atoms. The molecule has 2 nitrogen and oxygen atoms in total. The minimum Gasteiger partial charge on any atom is -0.393 e. The molecule has 0 aromatic rings.